The van der Waals surface area contributed by atoms with Gasteiger partial charge in [-0.25, -0.2) is 4.99 Å². The molecule has 3 rings (SSSR count). The van der Waals surface area contributed by atoms with Crippen molar-refractivity contribution in [2.45, 2.75) is 13.8 Å². The van der Waals surface area contributed by atoms with Gasteiger partial charge in [-0.1, -0.05) is 12.1 Å². The van der Waals surface area contributed by atoms with Gasteiger partial charge in [0.2, 0.25) is 0 Å². The molecule has 2 aromatic rings. The van der Waals surface area contributed by atoms with E-state index in [1.807, 2.05) is 18.2 Å². The van der Waals surface area contributed by atoms with Gasteiger partial charge in [0.25, 0.3) is 0 Å². The second-order valence-electron chi connectivity index (χ2n) is 5.92. The van der Waals surface area contributed by atoms with Gasteiger partial charge in [-0.2, -0.15) is 0 Å². The first-order valence-corrected chi connectivity index (χ1v) is 8.65. The number of allylic oxidation sites excluding steroid dienone is 2. The summed E-state index contributed by atoms with van der Waals surface area (Å²) in [7, 11) is 1.61. The zero-order chi connectivity index (χ0) is 18.7. The summed E-state index contributed by atoms with van der Waals surface area (Å²) in [5, 5.41) is 10.2. The van der Waals surface area contributed by atoms with E-state index >= 15 is 0 Å². The molecule has 0 saturated carbocycles. The number of carbonyl (C=O) groups excluding carboxylic acids is 1. The molecule has 0 fully saturated rings. The number of carbonyl (C=O) groups is 1. The van der Waals surface area contributed by atoms with Crippen LogP contribution in [0.5, 0.6) is 11.5 Å². The van der Waals surface area contributed by atoms with Crippen molar-refractivity contribution in [3.8, 4) is 11.5 Å². The number of phenols is 1. The van der Waals surface area contributed by atoms with Crippen LogP contribution in [0.25, 0.3) is 0 Å². The Morgan fingerprint density at radius 1 is 1.12 bits per heavy atom. The fraction of sp³-hybridized carbons (Fsp3) is 0.238. The predicted molar refractivity (Wildman–Crippen MR) is 104 cm³/mol. The van der Waals surface area contributed by atoms with Crippen LogP contribution in [0, 0.1) is 0 Å². The molecule has 0 saturated heterocycles. The fourth-order valence-electron chi connectivity index (χ4n) is 3.11. The molecule has 0 radical (unpaired) electrons. The van der Waals surface area contributed by atoms with E-state index in [1.165, 1.54) is 6.08 Å². The van der Waals surface area contributed by atoms with E-state index in [4.69, 9.17) is 4.74 Å². The molecule has 0 aliphatic heterocycles. The van der Waals surface area contributed by atoms with Gasteiger partial charge in [0, 0.05) is 30.4 Å². The highest BCUT2D eigenvalue weighted by molar-refractivity contribution is 6.25. The summed E-state index contributed by atoms with van der Waals surface area (Å²) < 4.78 is 5.52. The van der Waals surface area contributed by atoms with Crippen molar-refractivity contribution in [2.75, 3.05) is 25.1 Å². The highest BCUT2D eigenvalue weighted by Gasteiger charge is 2.21. The molecule has 0 bridgehead atoms. The number of ketones is 1. The van der Waals surface area contributed by atoms with Crippen LogP contribution in [0.2, 0.25) is 0 Å². The molecule has 1 aliphatic rings. The van der Waals surface area contributed by atoms with E-state index < -0.39 is 0 Å². The number of anilines is 1. The molecule has 0 unspecified atom stereocenters. The van der Waals surface area contributed by atoms with Gasteiger partial charge in [-0.3, -0.25) is 4.79 Å². The van der Waals surface area contributed by atoms with Crippen molar-refractivity contribution in [2.24, 2.45) is 4.99 Å². The van der Waals surface area contributed by atoms with Gasteiger partial charge < -0.3 is 14.7 Å². The second-order valence-corrected chi connectivity index (χ2v) is 5.92. The third-order valence-corrected chi connectivity index (χ3v) is 4.49. The van der Waals surface area contributed by atoms with Gasteiger partial charge in [0.1, 0.15) is 17.2 Å². The topological polar surface area (TPSA) is 62.1 Å². The number of fused-ring (bicyclic) bond motifs is 1. The summed E-state index contributed by atoms with van der Waals surface area (Å²) in [5.41, 5.74) is 3.14. The maximum Gasteiger partial charge on any atom is 0.186 e. The van der Waals surface area contributed by atoms with Crippen molar-refractivity contribution in [3.05, 3.63) is 59.7 Å². The zero-order valence-corrected chi connectivity index (χ0v) is 15.2. The molecule has 5 heteroatoms. The quantitative estimate of drug-likeness (QED) is 0.881. The Bertz CT molecular complexity index is 896. The van der Waals surface area contributed by atoms with E-state index in [0.717, 1.165) is 18.8 Å². The van der Waals surface area contributed by atoms with Crippen molar-refractivity contribution in [1.82, 2.24) is 0 Å². The van der Waals surface area contributed by atoms with E-state index in [2.05, 4.69) is 23.7 Å². The van der Waals surface area contributed by atoms with Crippen LogP contribution >= 0.6 is 0 Å². The molecule has 2 aromatic carbocycles. The van der Waals surface area contributed by atoms with Gasteiger partial charge in [-0.05, 0) is 44.2 Å². The monoisotopic (exact) mass is 350 g/mol. The molecular formula is C21H22N2O3. The molecule has 1 N–H and O–H groups in total. The summed E-state index contributed by atoms with van der Waals surface area (Å²) in [6, 6.07) is 10.7. The van der Waals surface area contributed by atoms with E-state index in [9.17, 15) is 9.90 Å². The van der Waals surface area contributed by atoms with Crippen LogP contribution in [0.15, 0.2) is 53.5 Å². The van der Waals surface area contributed by atoms with Gasteiger partial charge in [0.15, 0.2) is 5.78 Å². The third-order valence-electron chi connectivity index (χ3n) is 4.49. The first-order valence-electron chi connectivity index (χ1n) is 8.65. The summed E-state index contributed by atoms with van der Waals surface area (Å²) in [4.78, 5) is 18.9. The lowest BCUT2D eigenvalue weighted by Gasteiger charge is -2.22. The average molecular weight is 350 g/mol. The molecule has 26 heavy (non-hydrogen) atoms. The minimum Gasteiger partial charge on any atom is -0.507 e. The minimum atomic E-state index is -0.140. The summed E-state index contributed by atoms with van der Waals surface area (Å²) in [6.45, 7) is 6.01. The Morgan fingerprint density at radius 3 is 2.58 bits per heavy atom. The number of hydrogen-bond donors (Lipinski definition) is 1. The van der Waals surface area contributed by atoms with E-state index in [1.54, 1.807) is 31.4 Å². The normalized spacial score (nSPS) is 14.4. The van der Waals surface area contributed by atoms with Crippen LogP contribution in [0.4, 0.5) is 11.4 Å². The lowest BCUT2D eigenvalue weighted by atomic mass is 9.93. The SMILES string of the molecule is CCN(CC)c1ccc(N=C2C=CC(=O)c3cccc(O)c32)c(OC)c1. The lowest BCUT2D eigenvalue weighted by Crippen LogP contribution is -2.21. The van der Waals surface area contributed by atoms with Crippen LogP contribution in [-0.4, -0.2) is 36.8 Å². The van der Waals surface area contributed by atoms with Crippen LogP contribution in [0.3, 0.4) is 0 Å². The Balaban J connectivity index is 2.08. The van der Waals surface area contributed by atoms with Gasteiger partial charge >= 0.3 is 0 Å². The van der Waals surface area contributed by atoms with E-state index in [0.29, 0.717) is 28.3 Å². The Labute approximate surface area is 153 Å². The molecule has 134 valence electrons. The number of benzene rings is 2. The van der Waals surface area contributed by atoms with E-state index in [-0.39, 0.29) is 11.5 Å². The largest absolute Gasteiger partial charge is 0.507 e. The highest BCUT2D eigenvalue weighted by atomic mass is 16.5. The second kappa shape index (κ2) is 7.44. The Morgan fingerprint density at radius 2 is 1.88 bits per heavy atom. The summed E-state index contributed by atoms with van der Waals surface area (Å²) >= 11 is 0. The van der Waals surface area contributed by atoms with Gasteiger partial charge in [-0.15, -0.1) is 0 Å². The number of methoxy groups -OCH3 is 1. The van der Waals surface area contributed by atoms with Crippen molar-refractivity contribution >= 4 is 22.9 Å². The third kappa shape index (κ3) is 3.20. The summed E-state index contributed by atoms with van der Waals surface area (Å²) in [5.74, 6) is 0.542. The first kappa shape index (κ1) is 17.7. The lowest BCUT2D eigenvalue weighted by molar-refractivity contribution is 0.104. The average Bonchev–Trinajstić information content (AvgIpc) is 2.66. The number of aromatic hydroxyl groups is 1. The molecule has 5 nitrogen and oxygen atoms in total. The van der Waals surface area contributed by atoms with Crippen LogP contribution < -0.4 is 9.64 Å². The molecule has 0 atom stereocenters. The highest BCUT2D eigenvalue weighted by Crippen LogP contribution is 2.34. The van der Waals surface area contributed by atoms with Crippen LogP contribution in [-0.2, 0) is 0 Å². The molecule has 1 aliphatic carbocycles. The fourth-order valence-corrected chi connectivity index (χ4v) is 3.11. The molecule has 0 spiro atoms. The Kier molecular flexibility index (Phi) is 5.07. The number of hydrogen-bond acceptors (Lipinski definition) is 5. The maximum atomic E-state index is 12.1. The maximum absolute atomic E-state index is 12.1. The molecule has 0 aromatic heterocycles. The molecule has 0 amide bonds. The molecule has 0 heterocycles. The zero-order valence-electron chi connectivity index (χ0n) is 15.2. The van der Waals surface area contributed by atoms with Crippen molar-refractivity contribution in [3.63, 3.8) is 0 Å². The summed E-state index contributed by atoms with van der Waals surface area (Å²) in [6.07, 6.45) is 3.10. The molecular weight excluding hydrogens is 328 g/mol. The van der Waals surface area contributed by atoms with Gasteiger partial charge in [0.05, 0.1) is 18.4 Å². The predicted octanol–water partition coefficient (Wildman–Crippen LogP) is 4.12. The Hall–Kier alpha value is -3.08. The standard InChI is InChI=1S/C21H22N2O3/c1-4-23(5-2)14-9-10-16(20(13-14)26-3)22-17-11-12-18(24)15-7-6-8-19(25)21(15)17/h6-13,25H,4-5H2,1-3H3. The number of aliphatic imine (C=N–C) groups is 1. The van der Waals surface area contributed by atoms with Crippen molar-refractivity contribution in [1.29, 1.82) is 0 Å². The smallest absolute Gasteiger partial charge is 0.186 e. The number of phenolic OH excluding ortho intramolecular Hbond substituents is 1. The minimum absolute atomic E-state index is 0.0395. The number of rotatable bonds is 5. The van der Waals surface area contributed by atoms with Crippen LogP contribution in [0.1, 0.15) is 29.8 Å². The number of nitrogens with zero attached hydrogens (tertiary/aromatic N) is 2. The number of ether oxygens (including phenoxy) is 1. The van der Waals surface area contributed by atoms with Crippen molar-refractivity contribution < 1.29 is 14.6 Å². The first-order chi connectivity index (χ1) is 12.6.